The number of aliphatic hydroxyl groups is 8. The average Bonchev–Trinajstić information content (AvgIpc) is 3.18. The van der Waals surface area contributed by atoms with E-state index in [1.54, 1.807) is 85.0 Å². The Kier molecular flexibility index (Phi) is 15.8. The van der Waals surface area contributed by atoms with Crippen LogP contribution in [0.4, 0.5) is 0 Å². The summed E-state index contributed by atoms with van der Waals surface area (Å²) in [5.74, 6) is 0.457. The maximum atomic E-state index is 10.1. The summed E-state index contributed by atoms with van der Waals surface area (Å²) in [5, 5.41) is 116. The molecule has 57 heavy (non-hydrogen) atoms. The van der Waals surface area contributed by atoms with Gasteiger partial charge in [0.1, 0.15) is 83.3 Å². The van der Waals surface area contributed by atoms with Crippen molar-refractivity contribution in [1.82, 2.24) is 0 Å². The van der Waals surface area contributed by atoms with Gasteiger partial charge in [-0.05, 0) is 70.8 Å². The van der Waals surface area contributed by atoms with Gasteiger partial charge < -0.3 is 85.7 Å². The highest BCUT2D eigenvalue weighted by Gasteiger charge is 2.45. The molecule has 2 aliphatic heterocycles. The minimum absolute atomic E-state index is 0. The molecule has 17 nitrogen and oxygen atoms in total. The first-order chi connectivity index (χ1) is 26.7. The second-order valence-corrected chi connectivity index (χ2v) is 13.0. The predicted molar refractivity (Wildman–Crippen MR) is 203 cm³/mol. The van der Waals surface area contributed by atoms with E-state index in [4.69, 9.17) is 18.9 Å². The lowest BCUT2D eigenvalue weighted by Gasteiger charge is -2.39. The normalized spacial score (nSPS) is 27.3. The third kappa shape index (κ3) is 11.9. The maximum absolute atomic E-state index is 10.1. The summed E-state index contributed by atoms with van der Waals surface area (Å²) in [7, 11) is 0. The molecule has 0 spiro atoms. The number of aliphatic hydroxyl groups excluding tert-OH is 8. The summed E-state index contributed by atoms with van der Waals surface area (Å²) >= 11 is 0. The van der Waals surface area contributed by atoms with Crippen molar-refractivity contribution in [1.29, 1.82) is 0 Å². The summed E-state index contributed by atoms with van der Waals surface area (Å²) in [6, 6.07) is 21.9. The topological polar surface area (TPSA) is 311 Å². The molecule has 17 heteroatoms. The molecule has 0 bridgehead atoms. The summed E-state index contributed by atoms with van der Waals surface area (Å²) in [4.78, 5) is 0. The third-order valence-electron chi connectivity index (χ3n) is 8.75. The first kappa shape index (κ1) is 44.4. The van der Waals surface area contributed by atoms with Crippen LogP contribution in [0.3, 0.4) is 0 Å². The van der Waals surface area contributed by atoms with E-state index in [0.29, 0.717) is 11.1 Å². The van der Waals surface area contributed by atoms with Gasteiger partial charge in [-0.1, -0.05) is 48.6 Å². The number of aromatic hydroxyl groups is 4. The highest BCUT2D eigenvalue weighted by atomic mass is 16.7. The Bertz CT molecular complexity index is 1780. The monoisotopic (exact) mass is 798 g/mol. The second kappa shape index (κ2) is 20.2. The first-order valence-corrected chi connectivity index (χ1v) is 17.3. The lowest BCUT2D eigenvalue weighted by molar-refractivity contribution is -0.277. The van der Waals surface area contributed by atoms with E-state index in [1.165, 1.54) is 24.3 Å². The van der Waals surface area contributed by atoms with Crippen LogP contribution >= 0.6 is 0 Å². The predicted octanol–water partition coefficient (Wildman–Crippen LogP) is 0.0691. The van der Waals surface area contributed by atoms with E-state index in [9.17, 15) is 61.3 Å². The molecule has 14 N–H and O–H groups in total. The van der Waals surface area contributed by atoms with Crippen LogP contribution in [0.5, 0.6) is 34.5 Å². The number of phenolic OH excluding ortho intramolecular Hbond substituents is 4. The molecule has 2 aliphatic rings. The molecule has 0 radical (unpaired) electrons. The fourth-order valence-electron chi connectivity index (χ4n) is 5.69. The van der Waals surface area contributed by atoms with Gasteiger partial charge >= 0.3 is 0 Å². The Morgan fingerprint density at radius 2 is 0.754 bits per heavy atom. The van der Waals surface area contributed by atoms with Gasteiger partial charge in [0, 0.05) is 12.1 Å². The van der Waals surface area contributed by atoms with Crippen molar-refractivity contribution in [3.63, 3.8) is 0 Å². The Hall–Kier alpha value is -5.28. The number of hydrogen-bond acceptors (Lipinski definition) is 16. The Labute approximate surface area is 326 Å². The molecule has 0 unspecified atom stereocenters. The van der Waals surface area contributed by atoms with E-state index in [1.807, 2.05) is 0 Å². The fraction of sp³-hybridized carbons (Fsp3) is 0.300. The molecular formula is C40H46O17. The van der Waals surface area contributed by atoms with Gasteiger partial charge in [0.15, 0.2) is 0 Å². The zero-order chi connectivity index (χ0) is 40.5. The second-order valence-electron chi connectivity index (χ2n) is 13.0. The van der Waals surface area contributed by atoms with Crippen molar-refractivity contribution >= 4 is 24.3 Å². The van der Waals surface area contributed by atoms with E-state index in [0.717, 1.165) is 11.1 Å². The average molecular weight is 799 g/mol. The lowest BCUT2D eigenvalue weighted by Crippen LogP contribution is -2.60. The summed E-state index contributed by atoms with van der Waals surface area (Å²) in [5.41, 5.74) is 2.84. The van der Waals surface area contributed by atoms with Crippen LogP contribution in [-0.2, 0) is 9.47 Å². The molecule has 0 aliphatic carbocycles. The van der Waals surface area contributed by atoms with Gasteiger partial charge in [0.05, 0.1) is 13.2 Å². The van der Waals surface area contributed by atoms with Crippen LogP contribution in [0.1, 0.15) is 22.3 Å². The number of hydrogen-bond donors (Lipinski definition) is 12. The van der Waals surface area contributed by atoms with Gasteiger partial charge in [-0.15, -0.1) is 0 Å². The fourth-order valence-corrected chi connectivity index (χ4v) is 5.69. The SMILES string of the molecule is O.OC[C@H]1O[C@@H](Oc2cc(O)cc(/C=C/c3ccc(O)cc3)c2)[C@H](O)[C@@H](O)[C@@H]1O.OC[C@H]1O[C@@H](Oc2cc(O)cc(/C=C/c3ccc(O)cc3)c2)[C@H](O)[C@@H](O)[C@@H]1O. The number of ether oxygens (including phenoxy) is 4. The van der Waals surface area contributed by atoms with E-state index < -0.39 is 74.6 Å². The Morgan fingerprint density at radius 1 is 0.421 bits per heavy atom. The van der Waals surface area contributed by atoms with Crippen molar-refractivity contribution in [2.24, 2.45) is 0 Å². The molecule has 0 aromatic heterocycles. The van der Waals surface area contributed by atoms with Crippen LogP contribution in [0.25, 0.3) is 24.3 Å². The highest BCUT2D eigenvalue weighted by Crippen LogP contribution is 2.30. The molecule has 2 fully saturated rings. The first-order valence-electron chi connectivity index (χ1n) is 17.3. The highest BCUT2D eigenvalue weighted by molar-refractivity contribution is 5.72. The largest absolute Gasteiger partial charge is 0.508 e. The summed E-state index contributed by atoms with van der Waals surface area (Å²) < 4.78 is 21.7. The molecule has 6 rings (SSSR count). The standard InChI is InChI=1S/2C20H22O8.H2O/c2*21-10-16-17(24)18(25)19(26)20(28-16)27-15-8-12(7-14(23)9-15)2-1-11-3-5-13(22)6-4-11;/h2*1-9,16-26H,10H2;1H2/b2*2-1+;/t2*16-,17-,18+,19-,20-;/m11./s1. The van der Waals surface area contributed by atoms with Gasteiger partial charge in [-0.2, -0.15) is 0 Å². The van der Waals surface area contributed by atoms with Crippen molar-refractivity contribution in [2.45, 2.75) is 61.4 Å². The zero-order valence-electron chi connectivity index (χ0n) is 30.1. The molecule has 4 aromatic carbocycles. The molecule has 0 saturated carbocycles. The molecular weight excluding hydrogens is 752 g/mol. The third-order valence-corrected chi connectivity index (χ3v) is 8.75. The zero-order valence-corrected chi connectivity index (χ0v) is 30.1. The number of benzene rings is 4. The Morgan fingerprint density at radius 3 is 1.09 bits per heavy atom. The van der Waals surface area contributed by atoms with E-state index in [-0.39, 0.29) is 40.0 Å². The van der Waals surface area contributed by atoms with Crippen LogP contribution < -0.4 is 9.47 Å². The van der Waals surface area contributed by atoms with E-state index in [2.05, 4.69) is 0 Å². The van der Waals surface area contributed by atoms with E-state index >= 15 is 0 Å². The molecule has 10 atom stereocenters. The van der Waals surface area contributed by atoms with Gasteiger partial charge in [0.25, 0.3) is 0 Å². The number of rotatable bonds is 10. The van der Waals surface area contributed by atoms with Crippen LogP contribution in [-0.4, -0.2) is 141 Å². The van der Waals surface area contributed by atoms with Crippen LogP contribution in [0, 0.1) is 0 Å². The van der Waals surface area contributed by atoms with Gasteiger partial charge in [-0.3, -0.25) is 0 Å². The van der Waals surface area contributed by atoms with Crippen molar-refractivity contribution in [3.05, 3.63) is 107 Å². The summed E-state index contributed by atoms with van der Waals surface area (Å²) in [6.45, 7) is -1.13. The molecule has 4 aromatic rings. The Balaban J connectivity index is 0.000000248. The van der Waals surface area contributed by atoms with Crippen molar-refractivity contribution in [2.75, 3.05) is 13.2 Å². The quantitative estimate of drug-likeness (QED) is 0.0945. The van der Waals surface area contributed by atoms with Crippen molar-refractivity contribution < 1.29 is 85.7 Å². The van der Waals surface area contributed by atoms with Gasteiger partial charge in [0.2, 0.25) is 12.6 Å². The molecule has 2 saturated heterocycles. The minimum atomic E-state index is -1.55. The van der Waals surface area contributed by atoms with Crippen LogP contribution in [0.2, 0.25) is 0 Å². The number of phenols is 4. The molecule has 308 valence electrons. The summed E-state index contributed by atoms with van der Waals surface area (Å²) in [6.07, 6.45) is -7.05. The maximum Gasteiger partial charge on any atom is 0.229 e. The van der Waals surface area contributed by atoms with Gasteiger partial charge in [-0.25, -0.2) is 0 Å². The molecule has 2 heterocycles. The van der Waals surface area contributed by atoms with Crippen molar-refractivity contribution in [3.8, 4) is 34.5 Å². The smallest absolute Gasteiger partial charge is 0.229 e. The van der Waals surface area contributed by atoms with Crippen LogP contribution in [0.15, 0.2) is 84.9 Å². The minimum Gasteiger partial charge on any atom is -0.508 e. The lowest BCUT2D eigenvalue weighted by atomic mass is 9.99. The molecule has 0 amide bonds.